The second-order valence-electron chi connectivity index (χ2n) is 9.15. The number of piperidine rings is 1. The van der Waals surface area contributed by atoms with Gasteiger partial charge in [0.1, 0.15) is 0 Å². The molecular weight excluding hydrogens is 482 g/mol. The molecule has 0 saturated carbocycles. The summed E-state index contributed by atoms with van der Waals surface area (Å²) >= 11 is 0. The lowest BCUT2D eigenvalue weighted by Crippen LogP contribution is -2.41. The normalized spacial score (nSPS) is 17.1. The molecule has 1 N–H and O–H groups in total. The summed E-state index contributed by atoms with van der Waals surface area (Å²) in [4.78, 5) is 27.2. The van der Waals surface area contributed by atoms with Crippen molar-refractivity contribution in [1.29, 1.82) is 0 Å². The zero-order chi connectivity index (χ0) is 25.7. The van der Waals surface area contributed by atoms with Crippen molar-refractivity contribution >= 4 is 27.5 Å². The van der Waals surface area contributed by atoms with E-state index in [4.69, 9.17) is 9.47 Å². The molecule has 2 fully saturated rings. The average molecular weight is 516 g/mol. The van der Waals surface area contributed by atoms with Crippen LogP contribution >= 0.6 is 0 Å². The minimum absolute atomic E-state index is 0.126. The van der Waals surface area contributed by atoms with E-state index >= 15 is 0 Å². The molecule has 2 aromatic carbocycles. The summed E-state index contributed by atoms with van der Waals surface area (Å²) in [6.45, 7) is 2.18. The maximum Gasteiger partial charge on any atom is 0.243 e. The van der Waals surface area contributed by atoms with Gasteiger partial charge in [-0.25, -0.2) is 8.42 Å². The van der Waals surface area contributed by atoms with Gasteiger partial charge in [-0.05, 0) is 55.5 Å². The van der Waals surface area contributed by atoms with E-state index in [-0.39, 0.29) is 35.7 Å². The first-order valence-corrected chi connectivity index (χ1v) is 13.7. The Bertz CT molecular complexity index is 1180. The van der Waals surface area contributed by atoms with Gasteiger partial charge in [0, 0.05) is 43.9 Å². The monoisotopic (exact) mass is 515 g/mol. The van der Waals surface area contributed by atoms with Crippen LogP contribution in [0.2, 0.25) is 0 Å². The van der Waals surface area contributed by atoms with Crippen LogP contribution in [0.15, 0.2) is 47.4 Å². The van der Waals surface area contributed by atoms with Gasteiger partial charge in [0.2, 0.25) is 21.8 Å². The second kappa shape index (κ2) is 11.3. The highest BCUT2D eigenvalue weighted by Crippen LogP contribution is 2.32. The van der Waals surface area contributed by atoms with Crippen molar-refractivity contribution < 1.29 is 27.5 Å². The molecule has 2 saturated heterocycles. The maximum absolute atomic E-state index is 13.1. The predicted octanol–water partition coefficient (Wildman–Crippen LogP) is 2.91. The van der Waals surface area contributed by atoms with Gasteiger partial charge in [-0.15, -0.1) is 0 Å². The molecule has 2 aliphatic rings. The number of rotatable bonds is 8. The van der Waals surface area contributed by atoms with Crippen LogP contribution in [-0.4, -0.2) is 69.8 Å². The molecule has 0 atom stereocenters. The SMILES string of the molecule is COc1ccc(S(=O)(=O)N2CCC(C(=O)Nc3ccc(CC(=O)N4CCCC4)cc3)CC2)cc1OC. The summed E-state index contributed by atoms with van der Waals surface area (Å²) in [5.74, 6) is 0.536. The molecule has 36 heavy (non-hydrogen) atoms. The fraction of sp³-hybridized carbons (Fsp3) is 0.462. The molecule has 2 aromatic rings. The molecule has 10 heteroatoms. The number of methoxy groups -OCH3 is 2. The number of amides is 2. The Morgan fingerprint density at radius 2 is 1.56 bits per heavy atom. The van der Waals surface area contributed by atoms with Crippen molar-refractivity contribution in [1.82, 2.24) is 9.21 Å². The minimum Gasteiger partial charge on any atom is -0.493 e. The molecule has 0 radical (unpaired) electrons. The fourth-order valence-electron chi connectivity index (χ4n) is 4.69. The van der Waals surface area contributed by atoms with Crippen molar-refractivity contribution in [2.75, 3.05) is 45.7 Å². The predicted molar refractivity (Wildman–Crippen MR) is 136 cm³/mol. The Kier molecular flexibility index (Phi) is 8.15. The number of sulfonamides is 1. The third-order valence-electron chi connectivity index (χ3n) is 6.85. The van der Waals surface area contributed by atoms with E-state index in [0.717, 1.165) is 31.5 Å². The van der Waals surface area contributed by atoms with Crippen molar-refractivity contribution in [2.45, 2.75) is 37.0 Å². The van der Waals surface area contributed by atoms with Crippen LogP contribution in [0.3, 0.4) is 0 Å². The maximum atomic E-state index is 13.1. The van der Waals surface area contributed by atoms with E-state index in [2.05, 4.69) is 5.32 Å². The highest BCUT2D eigenvalue weighted by Gasteiger charge is 2.32. The quantitative estimate of drug-likeness (QED) is 0.580. The number of anilines is 1. The molecule has 4 rings (SSSR count). The number of carbonyl (C=O) groups excluding carboxylic acids is 2. The van der Waals surface area contributed by atoms with Crippen molar-refractivity contribution in [3.8, 4) is 11.5 Å². The molecule has 0 unspecified atom stereocenters. The first-order chi connectivity index (χ1) is 17.3. The highest BCUT2D eigenvalue weighted by molar-refractivity contribution is 7.89. The van der Waals surface area contributed by atoms with Crippen LogP contribution < -0.4 is 14.8 Å². The van der Waals surface area contributed by atoms with Crippen LogP contribution in [-0.2, 0) is 26.0 Å². The van der Waals surface area contributed by atoms with E-state index in [1.54, 1.807) is 18.2 Å². The summed E-state index contributed by atoms with van der Waals surface area (Å²) in [5, 5.41) is 2.93. The number of likely N-dealkylation sites (tertiary alicyclic amines) is 1. The van der Waals surface area contributed by atoms with Gasteiger partial charge in [0.15, 0.2) is 11.5 Å². The molecule has 2 amide bonds. The lowest BCUT2D eigenvalue weighted by atomic mass is 9.97. The lowest BCUT2D eigenvalue weighted by Gasteiger charge is -2.30. The standard InChI is InChI=1S/C26H33N3O6S/c1-34-23-10-9-22(18-24(23)35-2)36(32,33)29-15-11-20(12-16-29)26(31)27-21-7-5-19(6-8-21)17-25(30)28-13-3-4-14-28/h5-10,18,20H,3-4,11-17H2,1-2H3,(H,27,31). The van der Waals surface area contributed by atoms with Gasteiger partial charge >= 0.3 is 0 Å². The molecular formula is C26H33N3O6S. The zero-order valence-electron chi connectivity index (χ0n) is 20.7. The molecule has 194 valence electrons. The number of nitrogens with one attached hydrogen (secondary N) is 1. The van der Waals surface area contributed by atoms with Gasteiger partial charge < -0.3 is 19.7 Å². The number of carbonyl (C=O) groups is 2. The summed E-state index contributed by atoms with van der Waals surface area (Å²) in [5.41, 5.74) is 1.58. The third kappa shape index (κ3) is 5.82. The lowest BCUT2D eigenvalue weighted by molar-refractivity contribution is -0.129. The summed E-state index contributed by atoms with van der Waals surface area (Å²) < 4.78 is 38.1. The Morgan fingerprint density at radius 1 is 0.917 bits per heavy atom. The van der Waals surface area contributed by atoms with Crippen molar-refractivity contribution in [2.24, 2.45) is 5.92 Å². The second-order valence-corrected chi connectivity index (χ2v) is 11.1. The third-order valence-corrected chi connectivity index (χ3v) is 8.75. The summed E-state index contributed by atoms with van der Waals surface area (Å²) in [7, 11) is -0.762. The minimum atomic E-state index is -3.71. The van der Waals surface area contributed by atoms with E-state index in [1.165, 1.54) is 30.7 Å². The van der Waals surface area contributed by atoms with Gasteiger partial charge in [-0.2, -0.15) is 4.31 Å². The van der Waals surface area contributed by atoms with Crippen molar-refractivity contribution in [3.05, 3.63) is 48.0 Å². The average Bonchev–Trinajstić information content (AvgIpc) is 3.45. The van der Waals surface area contributed by atoms with Crippen LogP contribution in [0, 0.1) is 5.92 Å². The first kappa shape index (κ1) is 26.0. The smallest absolute Gasteiger partial charge is 0.243 e. The number of hydrogen-bond acceptors (Lipinski definition) is 6. The molecule has 2 aliphatic heterocycles. The Balaban J connectivity index is 1.30. The molecule has 0 spiro atoms. The number of nitrogens with zero attached hydrogens (tertiary/aromatic N) is 2. The van der Waals surface area contributed by atoms with Gasteiger partial charge in [-0.3, -0.25) is 9.59 Å². The van der Waals surface area contributed by atoms with Crippen LogP contribution in [0.25, 0.3) is 0 Å². The van der Waals surface area contributed by atoms with E-state index in [1.807, 2.05) is 17.0 Å². The van der Waals surface area contributed by atoms with E-state index < -0.39 is 10.0 Å². The largest absolute Gasteiger partial charge is 0.493 e. The Hall–Kier alpha value is -3.11. The molecule has 0 aromatic heterocycles. The van der Waals surface area contributed by atoms with Gasteiger partial charge in [-0.1, -0.05) is 12.1 Å². The van der Waals surface area contributed by atoms with Crippen molar-refractivity contribution in [3.63, 3.8) is 0 Å². The Morgan fingerprint density at radius 3 is 2.17 bits per heavy atom. The van der Waals surface area contributed by atoms with E-state index in [0.29, 0.717) is 36.4 Å². The Labute approximate surface area is 212 Å². The fourth-order valence-corrected chi connectivity index (χ4v) is 6.17. The molecule has 9 nitrogen and oxygen atoms in total. The van der Waals surface area contributed by atoms with Crippen LogP contribution in [0.1, 0.15) is 31.2 Å². The van der Waals surface area contributed by atoms with Gasteiger partial charge in [0.05, 0.1) is 25.5 Å². The van der Waals surface area contributed by atoms with Gasteiger partial charge in [0.25, 0.3) is 0 Å². The summed E-state index contributed by atoms with van der Waals surface area (Å²) in [6.07, 6.45) is 3.36. The topological polar surface area (TPSA) is 105 Å². The highest BCUT2D eigenvalue weighted by atomic mass is 32.2. The van der Waals surface area contributed by atoms with E-state index in [9.17, 15) is 18.0 Å². The number of ether oxygens (including phenoxy) is 2. The molecule has 0 bridgehead atoms. The van der Waals surface area contributed by atoms with Crippen LogP contribution in [0.5, 0.6) is 11.5 Å². The number of hydrogen-bond donors (Lipinski definition) is 1. The summed E-state index contributed by atoms with van der Waals surface area (Å²) in [6, 6.07) is 11.9. The molecule has 2 heterocycles. The zero-order valence-corrected chi connectivity index (χ0v) is 21.6. The van der Waals surface area contributed by atoms with Crippen LogP contribution in [0.4, 0.5) is 5.69 Å². The molecule has 0 aliphatic carbocycles. The number of benzene rings is 2. The first-order valence-electron chi connectivity index (χ1n) is 12.2.